The Morgan fingerprint density at radius 3 is 2.12 bits per heavy atom. The Balaban J connectivity index is 1.80. The van der Waals surface area contributed by atoms with E-state index in [4.69, 9.17) is 0 Å². The standard InChI is InChI=1S/C22H26N4O5S/c1-4-22(17-10-8-7-9-11-17)20(28)26(21(29)23-22)24-19(27)16-12-14-18(15-13-16)32(30,31)25(5-2)6-3/h7-15H,4-6H2,1-3H3,(H,23,29)(H,24,27). The maximum Gasteiger partial charge on any atom is 0.344 e. The van der Waals surface area contributed by atoms with Crippen molar-refractivity contribution in [2.24, 2.45) is 0 Å². The van der Waals surface area contributed by atoms with Gasteiger partial charge >= 0.3 is 6.03 Å². The van der Waals surface area contributed by atoms with Crippen LogP contribution in [-0.2, 0) is 20.4 Å². The Labute approximate surface area is 187 Å². The second kappa shape index (κ2) is 9.09. The first-order valence-corrected chi connectivity index (χ1v) is 11.8. The molecule has 3 rings (SSSR count). The van der Waals surface area contributed by atoms with Crippen LogP contribution in [0.4, 0.5) is 4.79 Å². The van der Waals surface area contributed by atoms with Crippen LogP contribution in [0.15, 0.2) is 59.5 Å². The highest BCUT2D eigenvalue weighted by atomic mass is 32.2. The van der Waals surface area contributed by atoms with Gasteiger partial charge in [0.25, 0.3) is 11.8 Å². The number of sulfonamides is 1. The van der Waals surface area contributed by atoms with Gasteiger partial charge in [0.05, 0.1) is 4.90 Å². The Morgan fingerprint density at radius 1 is 1.00 bits per heavy atom. The van der Waals surface area contributed by atoms with E-state index >= 15 is 0 Å². The molecule has 1 saturated heterocycles. The number of benzene rings is 2. The monoisotopic (exact) mass is 458 g/mol. The zero-order valence-corrected chi connectivity index (χ0v) is 19.0. The van der Waals surface area contributed by atoms with E-state index < -0.39 is 33.4 Å². The Hall–Kier alpha value is -3.24. The molecule has 170 valence electrons. The van der Waals surface area contributed by atoms with Crippen molar-refractivity contribution in [1.29, 1.82) is 0 Å². The molecule has 1 heterocycles. The first-order chi connectivity index (χ1) is 15.2. The van der Waals surface area contributed by atoms with Crippen LogP contribution in [0.2, 0.25) is 0 Å². The summed E-state index contributed by atoms with van der Waals surface area (Å²) < 4.78 is 26.5. The van der Waals surface area contributed by atoms with Crippen LogP contribution in [0, 0.1) is 0 Å². The van der Waals surface area contributed by atoms with E-state index in [-0.39, 0.29) is 10.5 Å². The van der Waals surface area contributed by atoms with E-state index in [1.54, 1.807) is 51.1 Å². The molecule has 32 heavy (non-hydrogen) atoms. The zero-order chi connectivity index (χ0) is 23.5. The topological polar surface area (TPSA) is 116 Å². The number of hydrogen-bond donors (Lipinski definition) is 2. The lowest BCUT2D eigenvalue weighted by Crippen LogP contribution is -2.48. The Morgan fingerprint density at radius 2 is 1.59 bits per heavy atom. The molecule has 1 unspecified atom stereocenters. The number of nitrogens with one attached hydrogen (secondary N) is 2. The normalized spacial score (nSPS) is 18.7. The molecule has 4 amide bonds. The van der Waals surface area contributed by atoms with Crippen LogP contribution in [0.5, 0.6) is 0 Å². The van der Waals surface area contributed by atoms with Gasteiger partial charge in [0, 0.05) is 18.7 Å². The first-order valence-electron chi connectivity index (χ1n) is 10.3. The van der Waals surface area contributed by atoms with Crippen LogP contribution in [0.3, 0.4) is 0 Å². The smallest absolute Gasteiger partial charge is 0.318 e. The minimum absolute atomic E-state index is 0.0572. The molecule has 1 aliphatic rings. The van der Waals surface area contributed by atoms with Crippen LogP contribution >= 0.6 is 0 Å². The average Bonchev–Trinajstić information content (AvgIpc) is 3.05. The summed E-state index contributed by atoms with van der Waals surface area (Å²) in [5.74, 6) is -1.30. The van der Waals surface area contributed by atoms with Crippen molar-refractivity contribution in [3.63, 3.8) is 0 Å². The summed E-state index contributed by atoms with van der Waals surface area (Å²) in [6.45, 7) is 5.91. The quantitative estimate of drug-likeness (QED) is 0.589. The van der Waals surface area contributed by atoms with E-state index in [1.807, 2.05) is 0 Å². The van der Waals surface area contributed by atoms with Crippen molar-refractivity contribution >= 4 is 27.9 Å². The average molecular weight is 459 g/mol. The van der Waals surface area contributed by atoms with E-state index in [2.05, 4.69) is 10.7 Å². The number of imide groups is 1. The van der Waals surface area contributed by atoms with Gasteiger partial charge in [0.2, 0.25) is 10.0 Å². The molecule has 1 atom stereocenters. The van der Waals surface area contributed by atoms with E-state index in [9.17, 15) is 22.8 Å². The lowest BCUT2D eigenvalue weighted by Gasteiger charge is -2.25. The minimum atomic E-state index is -3.66. The maximum atomic E-state index is 13.1. The summed E-state index contributed by atoms with van der Waals surface area (Å²) in [6.07, 6.45) is 0.297. The summed E-state index contributed by atoms with van der Waals surface area (Å²) in [7, 11) is -3.66. The highest BCUT2D eigenvalue weighted by molar-refractivity contribution is 7.89. The Kier molecular flexibility index (Phi) is 6.65. The van der Waals surface area contributed by atoms with E-state index in [0.717, 1.165) is 0 Å². The second-order valence-electron chi connectivity index (χ2n) is 7.25. The van der Waals surface area contributed by atoms with Crippen LogP contribution in [-0.4, -0.2) is 48.7 Å². The van der Waals surface area contributed by atoms with Gasteiger partial charge in [0.1, 0.15) is 5.54 Å². The lowest BCUT2D eigenvalue weighted by atomic mass is 9.87. The second-order valence-corrected chi connectivity index (χ2v) is 9.19. The van der Waals surface area contributed by atoms with Crippen LogP contribution < -0.4 is 10.7 Å². The van der Waals surface area contributed by atoms with Gasteiger partial charge in [0.15, 0.2) is 0 Å². The zero-order valence-electron chi connectivity index (χ0n) is 18.2. The molecule has 0 spiro atoms. The highest BCUT2D eigenvalue weighted by Crippen LogP contribution is 2.31. The number of carbonyl (C=O) groups excluding carboxylic acids is 3. The number of amides is 4. The largest absolute Gasteiger partial charge is 0.344 e. The molecule has 1 fully saturated rings. The number of nitrogens with zero attached hydrogens (tertiary/aromatic N) is 2. The molecular formula is C22H26N4O5S. The molecule has 10 heteroatoms. The summed E-state index contributed by atoms with van der Waals surface area (Å²) in [4.78, 5) is 38.4. The third kappa shape index (κ3) is 3.98. The van der Waals surface area contributed by atoms with Crippen molar-refractivity contribution in [2.45, 2.75) is 37.6 Å². The van der Waals surface area contributed by atoms with Crippen LogP contribution in [0.25, 0.3) is 0 Å². The molecule has 9 nitrogen and oxygen atoms in total. The molecule has 2 N–H and O–H groups in total. The predicted molar refractivity (Wildman–Crippen MR) is 118 cm³/mol. The summed E-state index contributed by atoms with van der Waals surface area (Å²) in [5, 5.41) is 3.35. The summed E-state index contributed by atoms with van der Waals surface area (Å²) >= 11 is 0. The van der Waals surface area contributed by atoms with Gasteiger partial charge in [-0.2, -0.15) is 9.31 Å². The minimum Gasteiger partial charge on any atom is -0.318 e. The number of hydrogen-bond acceptors (Lipinski definition) is 5. The van der Waals surface area contributed by atoms with Crippen molar-refractivity contribution in [1.82, 2.24) is 20.1 Å². The van der Waals surface area contributed by atoms with Gasteiger partial charge in [-0.05, 0) is 36.2 Å². The number of urea groups is 1. The number of carbonyl (C=O) groups is 3. The predicted octanol–water partition coefficient (Wildman–Crippen LogP) is 2.22. The van der Waals surface area contributed by atoms with Gasteiger partial charge in [-0.25, -0.2) is 13.2 Å². The van der Waals surface area contributed by atoms with Crippen LogP contribution in [0.1, 0.15) is 43.1 Å². The van der Waals surface area contributed by atoms with Crippen molar-refractivity contribution in [2.75, 3.05) is 13.1 Å². The van der Waals surface area contributed by atoms with E-state index in [1.165, 1.54) is 28.6 Å². The van der Waals surface area contributed by atoms with Crippen molar-refractivity contribution < 1.29 is 22.8 Å². The third-order valence-electron chi connectivity index (χ3n) is 5.56. The van der Waals surface area contributed by atoms with Crippen molar-refractivity contribution in [3.05, 3.63) is 65.7 Å². The molecular weight excluding hydrogens is 432 g/mol. The fraction of sp³-hybridized carbons (Fsp3) is 0.318. The van der Waals surface area contributed by atoms with Gasteiger partial charge in [-0.15, -0.1) is 0 Å². The highest BCUT2D eigenvalue weighted by Gasteiger charge is 2.52. The SMILES string of the molecule is CCN(CC)S(=O)(=O)c1ccc(C(=O)NN2C(=O)NC(CC)(c3ccccc3)C2=O)cc1. The Bertz CT molecular complexity index is 1110. The van der Waals surface area contributed by atoms with Crippen molar-refractivity contribution in [3.8, 4) is 0 Å². The number of hydrazine groups is 1. The molecule has 2 aromatic rings. The molecule has 0 aliphatic carbocycles. The van der Waals surface area contributed by atoms with Gasteiger partial charge in [-0.1, -0.05) is 51.1 Å². The number of rotatable bonds is 8. The van der Waals surface area contributed by atoms with E-state index in [0.29, 0.717) is 30.1 Å². The van der Waals surface area contributed by atoms with Gasteiger partial charge < -0.3 is 5.32 Å². The molecule has 0 saturated carbocycles. The first kappa shape index (κ1) is 23.4. The fourth-order valence-electron chi connectivity index (χ4n) is 3.70. The molecule has 0 aromatic heterocycles. The molecule has 0 bridgehead atoms. The van der Waals surface area contributed by atoms with Gasteiger partial charge in [-0.3, -0.25) is 15.0 Å². The fourth-order valence-corrected chi connectivity index (χ4v) is 5.15. The maximum absolute atomic E-state index is 13.1. The summed E-state index contributed by atoms with van der Waals surface area (Å²) in [5.41, 5.74) is 1.78. The lowest BCUT2D eigenvalue weighted by molar-refractivity contribution is -0.133. The summed E-state index contributed by atoms with van der Waals surface area (Å²) in [6, 6.07) is 13.4. The third-order valence-corrected chi connectivity index (χ3v) is 7.63. The molecule has 2 aromatic carbocycles. The molecule has 1 aliphatic heterocycles. The molecule has 0 radical (unpaired) electrons.